The van der Waals surface area contributed by atoms with E-state index in [0.29, 0.717) is 69.1 Å². The molecule has 3 fully saturated rings. The molecule has 3 aliphatic heterocycles. The standard InChI is InChI=1S/C27H37N5O7/c1-27(2,3)39-26(37)31-10-7-18(8-11-31)23(34)29-13-15-30(16-14-29)24(35)19-5-6-20(21(17-19)38-4)32-12-9-22(33)28-25(32)36/h5-6,17-18H,7-16H2,1-4H3,(H,28,33,36). The van der Waals surface area contributed by atoms with Crippen LogP contribution in [0.15, 0.2) is 18.2 Å². The molecule has 0 aliphatic carbocycles. The quantitative estimate of drug-likeness (QED) is 0.616. The van der Waals surface area contributed by atoms with Crippen LogP contribution in [0.2, 0.25) is 0 Å². The number of nitrogens with zero attached hydrogens (tertiary/aromatic N) is 4. The Morgan fingerprint density at radius 3 is 2.13 bits per heavy atom. The molecule has 0 bridgehead atoms. The van der Waals surface area contributed by atoms with Crippen LogP contribution in [-0.4, -0.2) is 103 Å². The lowest BCUT2D eigenvalue weighted by atomic mass is 9.95. The fraction of sp³-hybridized carbons (Fsp3) is 0.593. The molecule has 1 aromatic carbocycles. The molecule has 0 spiro atoms. The van der Waals surface area contributed by atoms with Crippen molar-refractivity contribution >= 4 is 35.5 Å². The van der Waals surface area contributed by atoms with Crippen molar-refractivity contribution in [3.05, 3.63) is 23.8 Å². The zero-order valence-corrected chi connectivity index (χ0v) is 23.0. The highest BCUT2D eigenvalue weighted by Gasteiger charge is 2.34. The van der Waals surface area contributed by atoms with Crippen LogP contribution in [0.4, 0.5) is 15.3 Å². The molecule has 0 atom stereocenters. The average molecular weight is 544 g/mol. The molecule has 12 heteroatoms. The van der Waals surface area contributed by atoms with Gasteiger partial charge in [-0.05, 0) is 51.8 Å². The predicted octanol–water partition coefficient (Wildman–Crippen LogP) is 2.07. The molecular weight excluding hydrogens is 506 g/mol. The second-order valence-electron chi connectivity index (χ2n) is 11.0. The Morgan fingerprint density at radius 1 is 0.897 bits per heavy atom. The van der Waals surface area contributed by atoms with Crippen LogP contribution in [0.25, 0.3) is 0 Å². The Bertz CT molecular complexity index is 1130. The maximum atomic E-state index is 13.2. The van der Waals surface area contributed by atoms with Crippen molar-refractivity contribution in [2.75, 3.05) is 57.8 Å². The fourth-order valence-corrected chi connectivity index (χ4v) is 5.03. The number of imide groups is 1. The van der Waals surface area contributed by atoms with Gasteiger partial charge in [0.25, 0.3) is 5.91 Å². The number of hydrogen-bond donors (Lipinski definition) is 1. The van der Waals surface area contributed by atoms with Crippen LogP contribution >= 0.6 is 0 Å². The molecular formula is C27H37N5O7. The summed E-state index contributed by atoms with van der Waals surface area (Å²) in [6.45, 7) is 8.37. The molecule has 0 aromatic heterocycles. The number of ether oxygens (including phenoxy) is 2. The molecule has 3 saturated heterocycles. The van der Waals surface area contributed by atoms with E-state index in [4.69, 9.17) is 9.47 Å². The zero-order valence-electron chi connectivity index (χ0n) is 23.0. The molecule has 0 unspecified atom stereocenters. The average Bonchev–Trinajstić information content (AvgIpc) is 2.91. The summed E-state index contributed by atoms with van der Waals surface area (Å²) in [5, 5.41) is 2.28. The number of carbonyl (C=O) groups excluding carboxylic acids is 5. The van der Waals surface area contributed by atoms with Crippen molar-refractivity contribution < 1.29 is 33.4 Å². The monoisotopic (exact) mass is 543 g/mol. The number of rotatable bonds is 4. The van der Waals surface area contributed by atoms with Gasteiger partial charge in [-0.3, -0.25) is 24.6 Å². The van der Waals surface area contributed by atoms with E-state index < -0.39 is 11.6 Å². The summed E-state index contributed by atoms with van der Waals surface area (Å²) in [4.78, 5) is 69.0. The Kier molecular flexibility index (Phi) is 8.31. The van der Waals surface area contributed by atoms with Gasteiger partial charge in [-0.15, -0.1) is 0 Å². The third kappa shape index (κ3) is 6.61. The number of anilines is 1. The maximum Gasteiger partial charge on any atom is 0.410 e. The van der Waals surface area contributed by atoms with Crippen molar-refractivity contribution in [3.8, 4) is 5.75 Å². The Morgan fingerprint density at radius 2 is 1.54 bits per heavy atom. The highest BCUT2D eigenvalue weighted by Crippen LogP contribution is 2.31. The molecule has 212 valence electrons. The fourth-order valence-electron chi connectivity index (χ4n) is 5.03. The van der Waals surface area contributed by atoms with Gasteiger partial charge in [0, 0.05) is 63.7 Å². The number of carbonyl (C=O) groups is 5. The molecule has 0 radical (unpaired) electrons. The normalized spacial score (nSPS) is 19.1. The van der Waals surface area contributed by atoms with Gasteiger partial charge in [-0.2, -0.15) is 0 Å². The van der Waals surface area contributed by atoms with E-state index in [0.717, 1.165) is 0 Å². The minimum Gasteiger partial charge on any atom is -0.495 e. The van der Waals surface area contributed by atoms with Gasteiger partial charge in [0.2, 0.25) is 11.8 Å². The summed E-state index contributed by atoms with van der Waals surface area (Å²) in [5.74, 6) is -0.237. The molecule has 1 N–H and O–H groups in total. The molecule has 1 aromatic rings. The lowest BCUT2D eigenvalue weighted by molar-refractivity contribution is -0.138. The van der Waals surface area contributed by atoms with E-state index in [1.54, 1.807) is 32.9 Å². The van der Waals surface area contributed by atoms with Gasteiger partial charge in [-0.1, -0.05) is 0 Å². The first-order chi connectivity index (χ1) is 18.5. The molecule has 3 aliphatic rings. The van der Waals surface area contributed by atoms with Gasteiger partial charge >= 0.3 is 12.1 Å². The summed E-state index contributed by atoms with van der Waals surface area (Å²) in [5.41, 5.74) is 0.338. The lowest BCUT2D eigenvalue weighted by Crippen LogP contribution is -2.53. The van der Waals surface area contributed by atoms with Crippen LogP contribution < -0.4 is 15.0 Å². The van der Waals surface area contributed by atoms with Crippen molar-refractivity contribution in [2.24, 2.45) is 5.92 Å². The van der Waals surface area contributed by atoms with E-state index in [2.05, 4.69) is 5.32 Å². The molecule has 6 amide bonds. The van der Waals surface area contributed by atoms with Gasteiger partial charge < -0.3 is 24.2 Å². The number of piperidine rings is 1. The second kappa shape index (κ2) is 11.5. The van der Waals surface area contributed by atoms with Gasteiger partial charge in [0.05, 0.1) is 12.8 Å². The van der Waals surface area contributed by atoms with E-state index in [9.17, 15) is 24.0 Å². The van der Waals surface area contributed by atoms with Crippen molar-refractivity contribution in [2.45, 2.75) is 45.6 Å². The number of amides is 6. The molecule has 0 saturated carbocycles. The Balaban J connectivity index is 1.30. The second-order valence-corrected chi connectivity index (χ2v) is 11.0. The summed E-state index contributed by atoms with van der Waals surface area (Å²) >= 11 is 0. The van der Waals surface area contributed by atoms with E-state index in [1.807, 2.05) is 20.8 Å². The van der Waals surface area contributed by atoms with Crippen LogP contribution in [0, 0.1) is 5.92 Å². The highest BCUT2D eigenvalue weighted by atomic mass is 16.6. The lowest BCUT2D eigenvalue weighted by Gasteiger charge is -2.38. The first-order valence-electron chi connectivity index (χ1n) is 13.3. The zero-order chi connectivity index (χ0) is 28.3. The molecule has 3 heterocycles. The first-order valence-corrected chi connectivity index (χ1v) is 13.3. The highest BCUT2D eigenvalue weighted by molar-refractivity contribution is 6.06. The van der Waals surface area contributed by atoms with Crippen LogP contribution in [0.3, 0.4) is 0 Å². The first kappa shape index (κ1) is 28.2. The van der Waals surface area contributed by atoms with Crippen molar-refractivity contribution in [1.29, 1.82) is 0 Å². The minimum absolute atomic E-state index is 0.0650. The summed E-state index contributed by atoms with van der Waals surface area (Å²) in [6.07, 6.45) is 1.01. The predicted molar refractivity (Wildman–Crippen MR) is 142 cm³/mol. The number of methoxy groups -OCH3 is 1. The van der Waals surface area contributed by atoms with Gasteiger partial charge in [-0.25, -0.2) is 9.59 Å². The number of hydrogen-bond acceptors (Lipinski definition) is 7. The molecule has 12 nitrogen and oxygen atoms in total. The molecule has 39 heavy (non-hydrogen) atoms. The van der Waals surface area contributed by atoms with Crippen LogP contribution in [0.5, 0.6) is 5.75 Å². The summed E-state index contributed by atoms with van der Waals surface area (Å²) < 4.78 is 10.9. The van der Waals surface area contributed by atoms with Gasteiger partial charge in [0.15, 0.2) is 0 Å². The Labute approximate surface area is 228 Å². The number of piperazine rings is 1. The van der Waals surface area contributed by atoms with E-state index >= 15 is 0 Å². The maximum absolute atomic E-state index is 13.2. The van der Waals surface area contributed by atoms with E-state index in [1.165, 1.54) is 12.0 Å². The number of nitrogens with one attached hydrogen (secondary N) is 1. The van der Waals surface area contributed by atoms with Crippen molar-refractivity contribution in [1.82, 2.24) is 20.0 Å². The summed E-state index contributed by atoms with van der Waals surface area (Å²) in [7, 11) is 1.46. The number of benzene rings is 1. The Hall–Kier alpha value is -3.83. The SMILES string of the molecule is COc1cc(C(=O)N2CCN(C(=O)C3CCN(C(=O)OC(C)(C)C)CC3)CC2)ccc1N1CCC(=O)NC1=O. The third-order valence-electron chi connectivity index (χ3n) is 7.15. The summed E-state index contributed by atoms with van der Waals surface area (Å²) in [6, 6.07) is 4.35. The van der Waals surface area contributed by atoms with Gasteiger partial charge in [0.1, 0.15) is 11.4 Å². The molecule has 4 rings (SSSR count). The van der Waals surface area contributed by atoms with Crippen LogP contribution in [0.1, 0.15) is 50.4 Å². The minimum atomic E-state index is -0.556. The smallest absolute Gasteiger partial charge is 0.410 e. The third-order valence-corrected chi connectivity index (χ3v) is 7.15. The van der Waals surface area contributed by atoms with Crippen LogP contribution in [-0.2, 0) is 14.3 Å². The van der Waals surface area contributed by atoms with E-state index in [-0.39, 0.29) is 42.7 Å². The topological polar surface area (TPSA) is 129 Å². The number of likely N-dealkylation sites (tertiary alicyclic amines) is 1. The largest absolute Gasteiger partial charge is 0.495 e. The number of urea groups is 1. The van der Waals surface area contributed by atoms with Crippen molar-refractivity contribution in [3.63, 3.8) is 0 Å².